The topological polar surface area (TPSA) is 118 Å². The van der Waals surface area contributed by atoms with Crippen molar-refractivity contribution in [1.29, 1.82) is 0 Å². The molecular weight excluding hydrogens is 418 g/mol. The lowest BCUT2D eigenvalue weighted by Crippen LogP contribution is -2.29. The largest absolute Gasteiger partial charge is 0.393 e. The highest BCUT2D eigenvalue weighted by atomic mass is 16.3. The first kappa shape index (κ1) is 21.0. The van der Waals surface area contributed by atoms with E-state index in [2.05, 4.69) is 30.7 Å². The Morgan fingerprint density at radius 3 is 2.70 bits per heavy atom. The summed E-state index contributed by atoms with van der Waals surface area (Å²) in [5.41, 5.74) is 2.72. The smallest absolute Gasteiger partial charge is 0.259 e. The molecular formula is C24H25N7O2. The van der Waals surface area contributed by atoms with Gasteiger partial charge in [-0.25, -0.2) is 9.97 Å². The van der Waals surface area contributed by atoms with Gasteiger partial charge in [0.05, 0.1) is 22.9 Å². The fourth-order valence-corrected chi connectivity index (χ4v) is 4.14. The first-order valence-electron chi connectivity index (χ1n) is 11.0. The highest BCUT2D eigenvalue weighted by molar-refractivity contribution is 6.11. The lowest BCUT2D eigenvalue weighted by Gasteiger charge is -2.26. The molecule has 3 aromatic heterocycles. The van der Waals surface area contributed by atoms with Crippen LogP contribution in [-0.2, 0) is 7.05 Å². The van der Waals surface area contributed by atoms with E-state index in [-0.39, 0.29) is 18.1 Å². The van der Waals surface area contributed by atoms with Crippen LogP contribution in [0, 0.1) is 0 Å². The van der Waals surface area contributed by atoms with Crippen molar-refractivity contribution in [1.82, 2.24) is 24.7 Å². The Hall–Kier alpha value is -3.85. The average Bonchev–Trinajstić information content (AvgIpc) is 3.20. The maximum atomic E-state index is 13.2. The van der Waals surface area contributed by atoms with Crippen molar-refractivity contribution in [2.75, 3.05) is 10.6 Å². The first-order chi connectivity index (χ1) is 16.1. The molecule has 9 nitrogen and oxygen atoms in total. The van der Waals surface area contributed by atoms with E-state index < -0.39 is 0 Å². The molecule has 0 bridgehead atoms. The molecule has 0 atom stereocenters. The second-order valence-corrected chi connectivity index (χ2v) is 8.32. The summed E-state index contributed by atoms with van der Waals surface area (Å²) in [5.74, 6) is 0.803. The van der Waals surface area contributed by atoms with Crippen LogP contribution >= 0.6 is 0 Å². The molecule has 1 aromatic carbocycles. The summed E-state index contributed by atoms with van der Waals surface area (Å²) in [5, 5.41) is 21.3. The van der Waals surface area contributed by atoms with Gasteiger partial charge in [0, 0.05) is 48.7 Å². The van der Waals surface area contributed by atoms with E-state index in [4.69, 9.17) is 0 Å². The molecule has 1 aliphatic rings. The maximum Gasteiger partial charge on any atom is 0.259 e. The highest BCUT2D eigenvalue weighted by Gasteiger charge is 2.21. The van der Waals surface area contributed by atoms with Crippen molar-refractivity contribution in [2.45, 2.75) is 37.8 Å². The number of hydrogen-bond donors (Lipinski definition) is 3. The number of rotatable bonds is 5. The van der Waals surface area contributed by atoms with Crippen molar-refractivity contribution < 1.29 is 9.90 Å². The summed E-state index contributed by atoms with van der Waals surface area (Å²) < 4.78 is 1.64. The Kier molecular flexibility index (Phi) is 5.70. The van der Waals surface area contributed by atoms with E-state index in [0.717, 1.165) is 42.3 Å². The molecule has 0 radical (unpaired) electrons. The number of nitrogens with zero attached hydrogens (tertiary/aromatic N) is 5. The van der Waals surface area contributed by atoms with E-state index in [1.54, 1.807) is 36.4 Å². The van der Waals surface area contributed by atoms with Gasteiger partial charge in [-0.3, -0.25) is 14.5 Å². The summed E-state index contributed by atoms with van der Waals surface area (Å²) >= 11 is 0. The number of amides is 1. The zero-order chi connectivity index (χ0) is 22.8. The monoisotopic (exact) mass is 443 g/mol. The molecule has 0 spiro atoms. The standard InChI is InChI=1S/C24H25N7O2/c1-31-21(13-20(30-31)15-9-11-25-12-10-15)28-23(33)19-4-2-3-16-14-26-24(29-22(16)19)27-17-5-7-18(32)8-6-17/h2-4,9-14,17-18,32H,5-8H2,1H3,(H,28,33)(H,26,27,29)/t17-,18-. The highest BCUT2D eigenvalue weighted by Crippen LogP contribution is 2.24. The fraction of sp³-hybridized carbons (Fsp3) is 0.292. The fourth-order valence-electron chi connectivity index (χ4n) is 4.14. The van der Waals surface area contributed by atoms with Crippen molar-refractivity contribution >= 4 is 28.6 Å². The molecule has 0 aliphatic heterocycles. The molecule has 1 fully saturated rings. The third kappa shape index (κ3) is 4.54. The molecule has 9 heteroatoms. The Bertz CT molecular complexity index is 1280. The molecule has 4 aromatic rings. The van der Waals surface area contributed by atoms with Crippen LogP contribution in [0.3, 0.4) is 0 Å². The molecule has 5 rings (SSSR count). The Balaban J connectivity index is 1.39. The number of para-hydroxylation sites is 1. The predicted molar refractivity (Wildman–Crippen MR) is 126 cm³/mol. The molecule has 1 saturated carbocycles. The van der Waals surface area contributed by atoms with E-state index >= 15 is 0 Å². The second kappa shape index (κ2) is 8.95. The van der Waals surface area contributed by atoms with Gasteiger partial charge in [0.2, 0.25) is 5.95 Å². The lowest BCUT2D eigenvalue weighted by atomic mass is 9.93. The van der Waals surface area contributed by atoms with E-state index in [1.807, 2.05) is 30.3 Å². The summed E-state index contributed by atoms with van der Waals surface area (Å²) in [7, 11) is 1.79. The number of aliphatic hydroxyl groups is 1. The van der Waals surface area contributed by atoms with Crippen molar-refractivity contribution in [3.63, 3.8) is 0 Å². The van der Waals surface area contributed by atoms with Gasteiger partial charge < -0.3 is 15.7 Å². The molecule has 33 heavy (non-hydrogen) atoms. The molecule has 168 valence electrons. The molecule has 0 saturated heterocycles. The Labute approximate surface area is 190 Å². The predicted octanol–water partition coefficient (Wildman–Crippen LogP) is 3.39. The molecule has 1 amide bonds. The number of fused-ring (bicyclic) bond motifs is 1. The number of nitrogens with one attached hydrogen (secondary N) is 2. The number of hydrogen-bond acceptors (Lipinski definition) is 7. The number of carbonyl (C=O) groups is 1. The number of aliphatic hydroxyl groups excluding tert-OH is 1. The molecule has 3 N–H and O–H groups in total. The van der Waals surface area contributed by atoms with Crippen molar-refractivity contribution in [3.05, 3.63) is 60.6 Å². The minimum Gasteiger partial charge on any atom is -0.393 e. The molecule has 3 heterocycles. The van der Waals surface area contributed by atoms with Gasteiger partial charge in [0.15, 0.2) is 0 Å². The van der Waals surface area contributed by atoms with E-state index in [0.29, 0.717) is 22.8 Å². The van der Waals surface area contributed by atoms with Crippen LogP contribution in [0.25, 0.3) is 22.2 Å². The normalized spacial score (nSPS) is 18.2. The molecule has 0 unspecified atom stereocenters. The van der Waals surface area contributed by atoms with Gasteiger partial charge in [-0.15, -0.1) is 0 Å². The molecule has 1 aliphatic carbocycles. The number of aryl methyl sites for hydroxylation is 1. The maximum absolute atomic E-state index is 13.2. The van der Waals surface area contributed by atoms with Crippen LogP contribution < -0.4 is 10.6 Å². The van der Waals surface area contributed by atoms with Crippen LogP contribution in [0.1, 0.15) is 36.0 Å². The van der Waals surface area contributed by atoms with Crippen LogP contribution in [0.15, 0.2) is 55.0 Å². The summed E-state index contributed by atoms with van der Waals surface area (Å²) in [6.45, 7) is 0. The lowest BCUT2D eigenvalue weighted by molar-refractivity contribution is 0.102. The first-order valence-corrected chi connectivity index (χ1v) is 11.0. The summed E-state index contributed by atoms with van der Waals surface area (Å²) in [4.78, 5) is 26.3. The summed E-state index contributed by atoms with van der Waals surface area (Å²) in [6, 6.07) is 11.3. The van der Waals surface area contributed by atoms with Crippen LogP contribution in [0.5, 0.6) is 0 Å². The third-order valence-electron chi connectivity index (χ3n) is 5.98. The minimum atomic E-state index is -0.268. The van der Waals surface area contributed by atoms with Gasteiger partial charge in [-0.1, -0.05) is 12.1 Å². The van der Waals surface area contributed by atoms with Gasteiger partial charge in [0.25, 0.3) is 5.91 Å². The summed E-state index contributed by atoms with van der Waals surface area (Å²) in [6.07, 6.45) is 8.19. The number of pyridine rings is 1. The van der Waals surface area contributed by atoms with Crippen LogP contribution in [0.4, 0.5) is 11.8 Å². The van der Waals surface area contributed by atoms with Gasteiger partial charge in [-0.05, 0) is 43.9 Å². The Morgan fingerprint density at radius 1 is 1.12 bits per heavy atom. The van der Waals surface area contributed by atoms with Gasteiger partial charge >= 0.3 is 0 Å². The number of benzene rings is 1. The SMILES string of the molecule is Cn1nc(-c2ccncc2)cc1NC(=O)c1cccc2cnc(N[C@H]3CC[C@H](O)CC3)nc12. The Morgan fingerprint density at radius 2 is 1.91 bits per heavy atom. The minimum absolute atomic E-state index is 0.216. The third-order valence-corrected chi connectivity index (χ3v) is 5.98. The number of aromatic nitrogens is 5. The number of carbonyl (C=O) groups excluding carboxylic acids is 1. The van der Waals surface area contributed by atoms with Crippen LogP contribution in [0.2, 0.25) is 0 Å². The quantitative estimate of drug-likeness (QED) is 0.433. The van der Waals surface area contributed by atoms with E-state index in [9.17, 15) is 9.90 Å². The van der Waals surface area contributed by atoms with Crippen LogP contribution in [-0.4, -0.2) is 47.9 Å². The zero-order valence-corrected chi connectivity index (χ0v) is 18.3. The van der Waals surface area contributed by atoms with Crippen molar-refractivity contribution in [2.24, 2.45) is 7.05 Å². The average molecular weight is 444 g/mol. The van der Waals surface area contributed by atoms with Gasteiger partial charge in [0.1, 0.15) is 5.82 Å². The number of anilines is 2. The van der Waals surface area contributed by atoms with Gasteiger partial charge in [-0.2, -0.15) is 5.10 Å². The van der Waals surface area contributed by atoms with E-state index in [1.165, 1.54) is 0 Å². The second-order valence-electron chi connectivity index (χ2n) is 8.32. The van der Waals surface area contributed by atoms with Crippen molar-refractivity contribution in [3.8, 4) is 11.3 Å². The zero-order valence-electron chi connectivity index (χ0n) is 18.3.